The van der Waals surface area contributed by atoms with Gasteiger partial charge in [0.15, 0.2) is 5.82 Å². The van der Waals surface area contributed by atoms with Crippen LogP contribution in [0.15, 0.2) is 182 Å². The van der Waals surface area contributed by atoms with Crippen molar-refractivity contribution >= 4 is 27.4 Å². The van der Waals surface area contributed by atoms with E-state index in [4.69, 9.17) is 19.9 Å². The van der Waals surface area contributed by atoms with Gasteiger partial charge in [0.1, 0.15) is 0 Å². The van der Waals surface area contributed by atoms with Crippen molar-refractivity contribution in [2.45, 2.75) is 26.7 Å². The second-order valence-corrected chi connectivity index (χ2v) is 15.1. The lowest BCUT2D eigenvalue weighted by Gasteiger charge is -2.11. The van der Waals surface area contributed by atoms with E-state index in [1.54, 1.807) is 0 Å². The molecule has 0 bridgehead atoms. The summed E-state index contributed by atoms with van der Waals surface area (Å²) in [4.78, 5) is 20.1. The van der Waals surface area contributed by atoms with Crippen molar-refractivity contribution in [3.63, 3.8) is 0 Å². The molecule has 0 spiro atoms. The Bertz CT molecular complexity index is 3020. The van der Waals surface area contributed by atoms with Crippen molar-refractivity contribution in [1.82, 2.24) is 19.9 Å². The lowest BCUT2D eigenvalue weighted by Crippen LogP contribution is -1.96. The van der Waals surface area contributed by atoms with Crippen molar-refractivity contribution in [2.75, 3.05) is 0 Å². The average Bonchev–Trinajstić information content (AvgIpc) is 3.29. The molecule has 0 fully saturated rings. The minimum absolute atomic E-state index is 0.716. The van der Waals surface area contributed by atoms with Gasteiger partial charge in [-0.2, -0.15) is 0 Å². The molecule has 3 heterocycles. The van der Waals surface area contributed by atoms with E-state index in [1.165, 1.54) is 22.3 Å². The molecule has 276 valence electrons. The van der Waals surface area contributed by atoms with Crippen LogP contribution in [-0.2, 0) is 0 Å². The molecule has 0 saturated heterocycles. The summed E-state index contributed by atoms with van der Waals surface area (Å²) in [5.41, 5.74) is 18.2. The molecule has 10 rings (SSSR count). The van der Waals surface area contributed by atoms with Crippen LogP contribution in [0, 0.1) is 13.8 Å². The molecule has 4 nitrogen and oxygen atoms in total. The maximum atomic E-state index is 5.11. The highest BCUT2D eigenvalue weighted by atomic mass is 14.9. The van der Waals surface area contributed by atoms with Crippen LogP contribution in [0.2, 0.25) is 0 Å². The van der Waals surface area contributed by atoms with Gasteiger partial charge in [0.25, 0.3) is 0 Å². The summed E-state index contributed by atoms with van der Waals surface area (Å²) < 4.78 is 0. The Labute approximate surface area is 339 Å². The van der Waals surface area contributed by atoms with Crippen molar-refractivity contribution in [3.8, 4) is 67.4 Å². The normalized spacial score (nSPS) is 12.6. The quantitative estimate of drug-likeness (QED) is 0.153. The summed E-state index contributed by atoms with van der Waals surface area (Å²) in [5, 5.41) is 2.25. The predicted octanol–water partition coefficient (Wildman–Crippen LogP) is 13.9. The predicted molar refractivity (Wildman–Crippen MR) is 241 cm³/mol. The standard InChI is InChI=1S/C54H40N4/c1-35-33-36(2)55-53-48(35)31-29-46-30-32-49(56-52(46)53)44-23-17-41(18-24-44)39-13-15-40(16-14-39)42-19-25-45(26-20-42)51-34-50(43-11-7-4-8-12-43)57-54(58-51)47-27-21-38(22-28-47)37-9-5-3-6-10-37/h4-5,7-34H,3,6H2,1-2H3. The summed E-state index contributed by atoms with van der Waals surface area (Å²) >= 11 is 0. The number of aryl methyl sites for hydroxylation is 2. The Kier molecular flexibility index (Phi) is 9.08. The molecular weight excluding hydrogens is 705 g/mol. The zero-order valence-corrected chi connectivity index (χ0v) is 32.5. The van der Waals surface area contributed by atoms with E-state index in [0.29, 0.717) is 5.82 Å². The maximum absolute atomic E-state index is 5.11. The molecular formula is C54H40N4. The van der Waals surface area contributed by atoms with E-state index >= 15 is 0 Å². The molecule has 0 atom stereocenters. The monoisotopic (exact) mass is 744 g/mol. The fraction of sp³-hybridized carbons (Fsp3) is 0.0741. The lowest BCUT2D eigenvalue weighted by atomic mass is 9.97. The van der Waals surface area contributed by atoms with Gasteiger partial charge in [-0.05, 0) is 83.8 Å². The largest absolute Gasteiger partial charge is 0.251 e. The number of benzene rings is 6. The van der Waals surface area contributed by atoms with Gasteiger partial charge < -0.3 is 0 Å². The van der Waals surface area contributed by atoms with Gasteiger partial charge in [-0.15, -0.1) is 0 Å². The minimum atomic E-state index is 0.716. The van der Waals surface area contributed by atoms with Crippen LogP contribution in [0.25, 0.3) is 94.8 Å². The second kappa shape index (κ2) is 15.0. The molecule has 3 aromatic heterocycles. The Balaban J connectivity index is 0.896. The van der Waals surface area contributed by atoms with Crippen molar-refractivity contribution < 1.29 is 0 Å². The number of rotatable bonds is 7. The van der Waals surface area contributed by atoms with Gasteiger partial charge in [0, 0.05) is 38.7 Å². The number of aromatic nitrogens is 4. The van der Waals surface area contributed by atoms with Crippen molar-refractivity contribution in [2.24, 2.45) is 0 Å². The van der Waals surface area contributed by atoms with Crippen molar-refractivity contribution in [3.05, 3.63) is 199 Å². The number of hydrogen-bond acceptors (Lipinski definition) is 4. The molecule has 6 aromatic carbocycles. The molecule has 0 N–H and O–H groups in total. The fourth-order valence-electron chi connectivity index (χ4n) is 8.01. The summed E-state index contributed by atoms with van der Waals surface area (Å²) in [6.45, 7) is 4.18. The maximum Gasteiger partial charge on any atom is 0.160 e. The first-order valence-electron chi connectivity index (χ1n) is 19.9. The first kappa shape index (κ1) is 35.1. The van der Waals surface area contributed by atoms with Crippen LogP contribution in [0.4, 0.5) is 0 Å². The Morgan fingerprint density at radius 3 is 1.53 bits per heavy atom. The second-order valence-electron chi connectivity index (χ2n) is 15.1. The molecule has 9 aromatic rings. The van der Waals surface area contributed by atoms with Gasteiger partial charge >= 0.3 is 0 Å². The highest BCUT2D eigenvalue weighted by Gasteiger charge is 2.13. The van der Waals surface area contributed by atoms with Gasteiger partial charge in [-0.3, -0.25) is 4.98 Å². The summed E-state index contributed by atoms with van der Waals surface area (Å²) in [7, 11) is 0. The van der Waals surface area contributed by atoms with Crippen LogP contribution in [0.5, 0.6) is 0 Å². The summed E-state index contributed by atoms with van der Waals surface area (Å²) in [6.07, 6.45) is 8.96. The van der Waals surface area contributed by atoms with Crippen molar-refractivity contribution in [1.29, 1.82) is 0 Å². The van der Waals surface area contributed by atoms with Gasteiger partial charge in [-0.1, -0.05) is 164 Å². The van der Waals surface area contributed by atoms with Crippen LogP contribution in [0.3, 0.4) is 0 Å². The molecule has 1 aliphatic carbocycles. The Morgan fingerprint density at radius 2 is 0.931 bits per heavy atom. The van der Waals surface area contributed by atoms with Crippen LogP contribution >= 0.6 is 0 Å². The SMILES string of the molecule is Cc1cc(C)c2ccc3ccc(-c4ccc(-c5ccc(-c6ccc(-c7cc(-c8ccccc8)nc(-c8ccc(C9=CCCC=C9)cc8)n7)cc6)cc5)cc4)nc3c2n1. The molecule has 0 aliphatic heterocycles. The van der Waals surface area contributed by atoms with E-state index < -0.39 is 0 Å². The van der Waals surface area contributed by atoms with E-state index in [2.05, 4.69) is 183 Å². The third-order valence-electron chi connectivity index (χ3n) is 11.2. The Hall–Kier alpha value is -7.30. The number of hydrogen-bond donors (Lipinski definition) is 0. The zero-order chi connectivity index (χ0) is 39.0. The number of pyridine rings is 2. The van der Waals surface area contributed by atoms with Crippen LogP contribution in [0.1, 0.15) is 29.7 Å². The molecule has 0 radical (unpaired) electrons. The van der Waals surface area contributed by atoms with E-state index in [9.17, 15) is 0 Å². The first-order valence-corrected chi connectivity index (χ1v) is 19.9. The number of nitrogens with zero attached hydrogens (tertiary/aromatic N) is 4. The fourth-order valence-corrected chi connectivity index (χ4v) is 8.01. The first-order chi connectivity index (χ1) is 28.5. The smallest absolute Gasteiger partial charge is 0.160 e. The molecule has 1 aliphatic rings. The minimum Gasteiger partial charge on any atom is -0.251 e. The zero-order valence-electron chi connectivity index (χ0n) is 32.5. The lowest BCUT2D eigenvalue weighted by molar-refractivity contribution is 1.04. The molecule has 0 amide bonds. The average molecular weight is 745 g/mol. The van der Waals surface area contributed by atoms with Gasteiger partial charge in [0.2, 0.25) is 0 Å². The number of allylic oxidation sites excluding steroid dienone is 4. The highest BCUT2D eigenvalue weighted by molar-refractivity contribution is 6.04. The molecule has 4 heteroatoms. The molecule has 0 saturated carbocycles. The Morgan fingerprint density at radius 1 is 0.397 bits per heavy atom. The topological polar surface area (TPSA) is 51.6 Å². The third kappa shape index (κ3) is 6.90. The van der Waals surface area contributed by atoms with E-state index in [0.717, 1.165) is 96.4 Å². The summed E-state index contributed by atoms with van der Waals surface area (Å²) in [5.74, 6) is 0.716. The third-order valence-corrected chi connectivity index (χ3v) is 11.2. The molecule has 0 unspecified atom stereocenters. The van der Waals surface area contributed by atoms with Crippen LogP contribution in [-0.4, -0.2) is 19.9 Å². The van der Waals surface area contributed by atoms with Gasteiger partial charge in [-0.25, -0.2) is 15.0 Å². The number of fused-ring (bicyclic) bond motifs is 3. The van der Waals surface area contributed by atoms with E-state index in [1.807, 2.05) is 13.0 Å². The van der Waals surface area contributed by atoms with Gasteiger partial charge in [0.05, 0.1) is 28.1 Å². The summed E-state index contributed by atoms with van der Waals surface area (Å²) in [6, 6.07) is 57.9. The molecule has 58 heavy (non-hydrogen) atoms. The van der Waals surface area contributed by atoms with Crippen LogP contribution < -0.4 is 0 Å². The van der Waals surface area contributed by atoms with E-state index in [-0.39, 0.29) is 0 Å². The highest BCUT2D eigenvalue weighted by Crippen LogP contribution is 2.33.